The normalized spacial score (nSPS) is 10.9. The van der Waals surface area contributed by atoms with E-state index in [0.29, 0.717) is 10.8 Å². The van der Waals surface area contributed by atoms with Crippen molar-refractivity contribution < 1.29 is 8.91 Å². The van der Waals surface area contributed by atoms with Crippen LogP contribution in [-0.2, 0) is 13.0 Å². The fraction of sp³-hybridized carbons (Fsp3) is 0.125. The number of halogens is 3. The van der Waals surface area contributed by atoms with E-state index >= 15 is 0 Å². The Kier molecular flexibility index (Phi) is 4.50. The fourth-order valence-corrected chi connectivity index (χ4v) is 2.66. The van der Waals surface area contributed by atoms with Crippen molar-refractivity contribution in [2.24, 2.45) is 0 Å². The van der Waals surface area contributed by atoms with Crippen LogP contribution >= 0.6 is 23.2 Å². The summed E-state index contributed by atoms with van der Waals surface area (Å²) >= 11 is 12.1. The molecule has 0 unspecified atom stereocenters. The highest BCUT2D eigenvalue weighted by Gasteiger charge is 2.16. The molecule has 3 rings (SSSR count). The zero-order valence-corrected chi connectivity index (χ0v) is 13.3. The largest absolute Gasteiger partial charge is 0.441 e. The maximum Gasteiger partial charge on any atom is 0.441 e. The summed E-state index contributed by atoms with van der Waals surface area (Å²) in [6.07, 6.45) is 0.289. The fourth-order valence-electron chi connectivity index (χ4n) is 2.23. The summed E-state index contributed by atoms with van der Waals surface area (Å²) in [7, 11) is 0. The summed E-state index contributed by atoms with van der Waals surface area (Å²) in [5.74, 6) is -0.817. The highest BCUT2D eigenvalue weighted by atomic mass is 35.5. The Labute approximate surface area is 141 Å². The molecule has 7 heteroatoms. The molecule has 0 atom stereocenters. The number of benzene rings is 2. The van der Waals surface area contributed by atoms with Crippen LogP contribution < -0.4 is 5.76 Å². The molecular formula is C16H11Cl2FN2O2. The molecule has 1 heterocycles. The minimum Gasteiger partial charge on any atom is -0.296 e. The lowest BCUT2D eigenvalue weighted by molar-refractivity contribution is 0.375. The summed E-state index contributed by atoms with van der Waals surface area (Å²) in [4.78, 5) is 11.9. The molecule has 118 valence electrons. The van der Waals surface area contributed by atoms with Gasteiger partial charge in [-0.25, -0.2) is 9.18 Å². The highest BCUT2D eigenvalue weighted by molar-refractivity contribution is 6.31. The van der Waals surface area contributed by atoms with Crippen molar-refractivity contribution in [3.8, 4) is 0 Å². The predicted molar refractivity (Wildman–Crippen MR) is 85.5 cm³/mol. The lowest BCUT2D eigenvalue weighted by Gasteiger charge is -2.08. The second-order valence-corrected chi connectivity index (χ2v) is 5.73. The molecule has 3 aromatic rings. The number of hydrogen-bond acceptors (Lipinski definition) is 3. The van der Waals surface area contributed by atoms with E-state index in [1.54, 1.807) is 18.2 Å². The third-order valence-electron chi connectivity index (χ3n) is 3.45. The van der Waals surface area contributed by atoms with Crippen molar-refractivity contribution in [2.75, 3.05) is 0 Å². The van der Waals surface area contributed by atoms with E-state index in [9.17, 15) is 9.18 Å². The Hall–Kier alpha value is -2.11. The highest BCUT2D eigenvalue weighted by Crippen LogP contribution is 2.21. The van der Waals surface area contributed by atoms with E-state index < -0.39 is 11.6 Å². The lowest BCUT2D eigenvalue weighted by atomic mass is 10.1. The van der Waals surface area contributed by atoms with Crippen molar-refractivity contribution >= 4 is 23.2 Å². The van der Waals surface area contributed by atoms with Crippen LogP contribution in [0, 0.1) is 5.82 Å². The molecule has 1 aromatic heterocycles. The van der Waals surface area contributed by atoms with Gasteiger partial charge in [-0.15, -0.1) is 0 Å². The monoisotopic (exact) mass is 352 g/mol. The third kappa shape index (κ3) is 3.30. The molecule has 0 saturated heterocycles. The van der Waals surface area contributed by atoms with E-state index in [-0.39, 0.29) is 23.6 Å². The molecule has 0 N–H and O–H groups in total. The van der Waals surface area contributed by atoms with Gasteiger partial charge in [-0.05, 0) is 23.8 Å². The lowest BCUT2D eigenvalue weighted by Crippen LogP contribution is -2.19. The van der Waals surface area contributed by atoms with Crippen LogP contribution in [0.2, 0.25) is 10.0 Å². The second-order valence-electron chi connectivity index (χ2n) is 4.92. The van der Waals surface area contributed by atoms with Crippen molar-refractivity contribution in [2.45, 2.75) is 13.0 Å². The molecule has 0 aliphatic carbocycles. The van der Waals surface area contributed by atoms with Gasteiger partial charge in [0.05, 0.1) is 6.54 Å². The molecule has 4 nitrogen and oxygen atoms in total. The van der Waals surface area contributed by atoms with Gasteiger partial charge in [0.2, 0.25) is 0 Å². The maximum atomic E-state index is 13.9. The first-order valence-electron chi connectivity index (χ1n) is 6.78. The molecule has 2 aromatic carbocycles. The Bertz CT molecular complexity index is 885. The topological polar surface area (TPSA) is 48.0 Å². The molecule has 0 fully saturated rings. The minimum atomic E-state index is -0.675. The summed E-state index contributed by atoms with van der Waals surface area (Å²) in [5, 5.41) is 4.55. The van der Waals surface area contributed by atoms with Crippen LogP contribution in [-0.4, -0.2) is 9.72 Å². The number of aromatic nitrogens is 2. The SMILES string of the molecule is O=c1onc(Cc2ccccc2Cl)n1Cc1c(F)cccc1Cl. The van der Waals surface area contributed by atoms with Gasteiger partial charge in [0.1, 0.15) is 5.82 Å². The quantitative estimate of drug-likeness (QED) is 0.714. The first kappa shape index (κ1) is 15.8. The zero-order chi connectivity index (χ0) is 16.4. The molecule has 0 saturated carbocycles. The van der Waals surface area contributed by atoms with Crippen LogP contribution in [0.5, 0.6) is 0 Å². The summed E-state index contributed by atoms with van der Waals surface area (Å²) in [5.41, 5.74) is 0.996. The van der Waals surface area contributed by atoms with E-state index in [0.717, 1.165) is 5.56 Å². The van der Waals surface area contributed by atoms with E-state index in [2.05, 4.69) is 5.16 Å². The molecule has 0 aliphatic heterocycles. The maximum absolute atomic E-state index is 13.9. The smallest absolute Gasteiger partial charge is 0.296 e. The standard InChI is InChI=1S/C16H11Cl2FN2O2/c17-12-5-2-1-4-10(12)8-15-20-23-16(22)21(15)9-11-13(18)6-3-7-14(11)19/h1-7H,8-9H2. The van der Waals surface area contributed by atoms with Gasteiger partial charge in [-0.3, -0.25) is 9.09 Å². The Morgan fingerprint density at radius 1 is 1.09 bits per heavy atom. The first-order valence-corrected chi connectivity index (χ1v) is 7.53. The molecule has 0 spiro atoms. The van der Waals surface area contributed by atoms with E-state index in [1.165, 1.54) is 16.7 Å². The van der Waals surface area contributed by atoms with Crippen LogP contribution in [0.3, 0.4) is 0 Å². The van der Waals surface area contributed by atoms with Crippen molar-refractivity contribution in [1.82, 2.24) is 9.72 Å². The van der Waals surface area contributed by atoms with Gasteiger partial charge in [-0.2, -0.15) is 0 Å². The number of nitrogens with zero attached hydrogens (tertiary/aromatic N) is 2. The Morgan fingerprint density at radius 2 is 1.83 bits per heavy atom. The molecular weight excluding hydrogens is 342 g/mol. The van der Waals surface area contributed by atoms with Crippen molar-refractivity contribution in [1.29, 1.82) is 0 Å². The Balaban J connectivity index is 1.97. The molecule has 23 heavy (non-hydrogen) atoms. The number of hydrogen-bond donors (Lipinski definition) is 0. The van der Waals surface area contributed by atoms with Gasteiger partial charge >= 0.3 is 5.76 Å². The van der Waals surface area contributed by atoms with Crippen molar-refractivity contribution in [3.63, 3.8) is 0 Å². The number of rotatable bonds is 4. The second kappa shape index (κ2) is 6.56. The van der Waals surface area contributed by atoms with E-state index in [4.69, 9.17) is 27.7 Å². The molecule has 0 radical (unpaired) electrons. The van der Waals surface area contributed by atoms with Gasteiger partial charge in [-0.1, -0.05) is 52.6 Å². The van der Waals surface area contributed by atoms with Gasteiger partial charge in [0.15, 0.2) is 5.82 Å². The van der Waals surface area contributed by atoms with Gasteiger partial charge < -0.3 is 0 Å². The average Bonchev–Trinajstić information content (AvgIpc) is 2.86. The first-order chi connectivity index (χ1) is 11.1. The van der Waals surface area contributed by atoms with Crippen LogP contribution in [0.25, 0.3) is 0 Å². The zero-order valence-electron chi connectivity index (χ0n) is 11.8. The van der Waals surface area contributed by atoms with Crippen LogP contribution in [0.4, 0.5) is 4.39 Å². The van der Waals surface area contributed by atoms with Crippen LogP contribution in [0.15, 0.2) is 51.8 Å². The Morgan fingerprint density at radius 3 is 2.57 bits per heavy atom. The third-order valence-corrected chi connectivity index (χ3v) is 4.17. The minimum absolute atomic E-state index is 0.0619. The van der Waals surface area contributed by atoms with Gasteiger partial charge in [0, 0.05) is 22.0 Å². The summed E-state index contributed by atoms with van der Waals surface area (Å²) in [6, 6.07) is 11.6. The van der Waals surface area contributed by atoms with Gasteiger partial charge in [0.25, 0.3) is 0 Å². The summed E-state index contributed by atoms with van der Waals surface area (Å²) in [6.45, 7) is -0.0619. The molecule has 0 amide bonds. The summed E-state index contributed by atoms with van der Waals surface area (Å²) < 4.78 is 19.9. The molecule has 0 aliphatic rings. The molecule has 0 bridgehead atoms. The van der Waals surface area contributed by atoms with Crippen LogP contribution in [0.1, 0.15) is 17.0 Å². The predicted octanol–water partition coefficient (Wildman–Crippen LogP) is 3.92. The average molecular weight is 353 g/mol. The van der Waals surface area contributed by atoms with Crippen molar-refractivity contribution in [3.05, 3.63) is 85.8 Å². The van der Waals surface area contributed by atoms with E-state index in [1.807, 2.05) is 12.1 Å².